The van der Waals surface area contributed by atoms with Crippen molar-refractivity contribution in [3.05, 3.63) is 73.3 Å². The Morgan fingerprint density at radius 3 is 1.96 bits per heavy atom. The van der Waals surface area contributed by atoms with Gasteiger partial charge in [-0.2, -0.15) is 0 Å². The smallest absolute Gasteiger partial charge is 0.338 e. The number of nitrogens with zero attached hydrogens (tertiary/aromatic N) is 2. The van der Waals surface area contributed by atoms with Gasteiger partial charge in [-0.05, 0) is 38.1 Å². The van der Waals surface area contributed by atoms with Gasteiger partial charge in [0.1, 0.15) is 5.56 Å². The molecule has 0 aliphatic carbocycles. The Labute approximate surface area is 153 Å². The monoisotopic (exact) mass is 373 g/mol. The van der Waals surface area contributed by atoms with Crippen LogP contribution in [0, 0.1) is 27.2 Å². The maximum atomic E-state index is 12.3. The van der Waals surface area contributed by atoms with E-state index in [1.165, 1.54) is 31.2 Å². The van der Waals surface area contributed by atoms with Crippen LogP contribution in [0.25, 0.3) is 0 Å². The number of rotatable bonds is 6. The number of nitro groups is 2. The Morgan fingerprint density at radius 2 is 1.52 bits per heavy atom. The van der Waals surface area contributed by atoms with Gasteiger partial charge in [-0.25, -0.2) is 4.79 Å². The largest absolute Gasteiger partial charge is 0.462 e. The van der Waals surface area contributed by atoms with Crippen LogP contribution in [0.4, 0.5) is 17.1 Å². The normalized spacial score (nSPS) is 10.1. The summed E-state index contributed by atoms with van der Waals surface area (Å²) < 4.78 is 4.85. The lowest BCUT2D eigenvalue weighted by Crippen LogP contribution is -2.13. The van der Waals surface area contributed by atoms with Crippen LogP contribution in [0.15, 0.2) is 36.4 Å². The molecule has 1 N–H and O–H groups in total. The summed E-state index contributed by atoms with van der Waals surface area (Å²) in [7, 11) is 0. The first kappa shape index (κ1) is 19.5. The summed E-state index contributed by atoms with van der Waals surface area (Å²) in [6, 6.07) is 7.72. The summed E-state index contributed by atoms with van der Waals surface area (Å²) in [6.45, 7) is 3.14. The Balaban J connectivity index is 2.29. The molecule has 0 heterocycles. The van der Waals surface area contributed by atoms with E-state index in [1.807, 2.05) is 0 Å². The van der Waals surface area contributed by atoms with Crippen molar-refractivity contribution >= 4 is 28.9 Å². The van der Waals surface area contributed by atoms with E-state index in [4.69, 9.17) is 4.74 Å². The van der Waals surface area contributed by atoms with Crippen LogP contribution in [-0.2, 0) is 4.74 Å². The molecule has 1 amide bonds. The minimum atomic E-state index is -0.784. The first-order valence-corrected chi connectivity index (χ1v) is 7.76. The third kappa shape index (κ3) is 4.42. The average Bonchev–Trinajstić information content (AvgIpc) is 2.62. The zero-order chi connectivity index (χ0) is 20.1. The fourth-order valence-electron chi connectivity index (χ4n) is 2.30. The second kappa shape index (κ2) is 8.04. The number of nitrogens with one attached hydrogen (secondary N) is 1. The van der Waals surface area contributed by atoms with Gasteiger partial charge in [-0.1, -0.05) is 0 Å². The molecule has 0 bridgehead atoms. The van der Waals surface area contributed by atoms with Crippen molar-refractivity contribution in [1.29, 1.82) is 0 Å². The molecular weight excluding hydrogens is 358 g/mol. The predicted octanol–water partition coefficient (Wildman–Crippen LogP) is 3.24. The number of carbonyl (C=O) groups excluding carboxylic acids is 2. The average molecular weight is 373 g/mol. The Hall–Kier alpha value is -3.82. The minimum Gasteiger partial charge on any atom is -0.462 e. The molecule has 0 unspecified atom stereocenters. The van der Waals surface area contributed by atoms with E-state index in [9.17, 15) is 29.8 Å². The molecule has 2 aromatic carbocycles. The van der Waals surface area contributed by atoms with Gasteiger partial charge < -0.3 is 10.1 Å². The molecule has 2 aromatic rings. The number of nitro benzene ring substituents is 2. The van der Waals surface area contributed by atoms with Crippen LogP contribution >= 0.6 is 0 Å². The summed E-state index contributed by atoms with van der Waals surface area (Å²) in [5, 5.41) is 24.7. The van der Waals surface area contributed by atoms with Gasteiger partial charge in [0.05, 0.1) is 27.6 Å². The minimum absolute atomic E-state index is 0.139. The van der Waals surface area contributed by atoms with E-state index < -0.39 is 33.1 Å². The third-order valence-corrected chi connectivity index (χ3v) is 3.66. The van der Waals surface area contributed by atoms with Gasteiger partial charge in [-0.15, -0.1) is 0 Å². The molecule has 10 nitrogen and oxygen atoms in total. The van der Waals surface area contributed by atoms with E-state index in [-0.39, 0.29) is 23.3 Å². The Bertz CT molecular complexity index is 888. The maximum absolute atomic E-state index is 12.3. The van der Waals surface area contributed by atoms with Crippen LogP contribution in [0.2, 0.25) is 0 Å². The van der Waals surface area contributed by atoms with Gasteiger partial charge in [-0.3, -0.25) is 25.0 Å². The van der Waals surface area contributed by atoms with Gasteiger partial charge >= 0.3 is 5.97 Å². The lowest BCUT2D eigenvalue weighted by Gasteiger charge is -2.08. The van der Waals surface area contributed by atoms with Gasteiger partial charge in [0, 0.05) is 17.8 Å². The van der Waals surface area contributed by atoms with E-state index in [0.29, 0.717) is 5.69 Å². The molecule has 0 aliphatic heterocycles. The van der Waals surface area contributed by atoms with E-state index in [0.717, 1.165) is 12.1 Å². The summed E-state index contributed by atoms with van der Waals surface area (Å²) in [4.78, 5) is 44.6. The highest BCUT2D eigenvalue weighted by Gasteiger charge is 2.25. The lowest BCUT2D eigenvalue weighted by atomic mass is 10.1. The van der Waals surface area contributed by atoms with Crippen molar-refractivity contribution in [3.63, 3.8) is 0 Å². The summed E-state index contributed by atoms with van der Waals surface area (Å²) in [5.74, 6) is -1.27. The van der Waals surface area contributed by atoms with Crippen molar-refractivity contribution in [2.24, 2.45) is 0 Å². The van der Waals surface area contributed by atoms with Crippen molar-refractivity contribution in [2.45, 2.75) is 13.8 Å². The molecule has 0 saturated heterocycles. The quantitative estimate of drug-likeness (QED) is 0.465. The second-order valence-electron chi connectivity index (χ2n) is 5.41. The zero-order valence-electron chi connectivity index (χ0n) is 14.4. The molecule has 140 valence electrons. The SMILES string of the molecule is CCOC(=O)c1ccc(NC(=O)c2cc([N+](=O)[O-])c(C)c([N+](=O)[O-])c2)cc1. The standard InChI is InChI=1S/C17H15N3O7/c1-3-27-17(22)11-4-6-13(7-5-11)18-16(21)12-8-14(19(23)24)10(2)15(9-12)20(25)26/h4-9H,3H2,1-2H3,(H,18,21). The molecule has 27 heavy (non-hydrogen) atoms. The maximum Gasteiger partial charge on any atom is 0.338 e. The molecule has 0 aliphatic rings. The van der Waals surface area contributed by atoms with Gasteiger partial charge in [0.25, 0.3) is 17.3 Å². The highest BCUT2D eigenvalue weighted by Crippen LogP contribution is 2.29. The number of hydrogen-bond acceptors (Lipinski definition) is 7. The fourth-order valence-corrected chi connectivity index (χ4v) is 2.30. The number of benzene rings is 2. The van der Waals surface area contributed by atoms with Crippen LogP contribution < -0.4 is 5.32 Å². The van der Waals surface area contributed by atoms with Gasteiger partial charge in [0.15, 0.2) is 0 Å². The molecular formula is C17H15N3O7. The summed E-state index contributed by atoms with van der Waals surface area (Å²) in [6.07, 6.45) is 0. The number of hydrogen-bond donors (Lipinski definition) is 1. The molecule has 0 fully saturated rings. The Kier molecular flexibility index (Phi) is 5.81. The highest BCUT2D eigenvalue weighted by atomic mass is 16.6. The number of ether oxygens (including phenoxy) is 1. The van der Waals surface area contributed by atoms with E-state index in [1.54, 1.807) is 6.92 Å². The number of anilines is 1. The molecule has 0 aromatic heterocycles. The van der Waals surface area contributed by atoms with E-state index >= 15 is 0 Å². The highest BCUT2D eigenvalue weighted by molar-refractivity contribution is 6.05. The number of carbonyl (C=O) groups is 2. The van der Waals surface area contributed by atoms with Crippen LogP contribution in [0.1, 0.15) is 33.2 Å². The van der Waals surface area contributed by atoms with Gasteiger partial charge in [0.2, 0.25) is 0 Å². The van der Waals surface area contributed by atoms with Crippen molar-refractivity contribution in [2.75, 3.05) is 11.9 Å². The molecule has 0 saturated carbocycles. The summed E-state index contributed by atoms with van der Waals surface area (Å²) >= 11 is 0. The van der Waals surface area contributed by atoms with Crippen LogP contribution in [-0.4, -0.2) is 28.3 Å². The third-order valence-electron chi connectivity index (χ3n) is 3.66. The van der Waals surface area contributed by atoms with E-state index in [2.05, 4.69) is 5.32 Å². The predicted molar refractivity (Wildman–Crippen MR) is 94.8 cm³/mol. The topological polar surface area (TPSA) is 142 Å². The zero-order valence-corrected chi connectivity index (χ0v) is 14.4. The molecule has 0 radical (unpaired) electrons. The lowest BCUT2D eigenvalue weighted by molar-refractivity contribution is -0.395. The first-order chi connectivity index (χ1) is 12.7. The number of amides is 1. The van der Waals surface area contributed by atoms with Crippen molar-refractivity contribution in [3.8, 4) is 0 Å². The van der Waals surface area contributed by atoms with Crippen LogP contribution in [0.3, 0.4) is 0 Å². The molecule has 2 rings (SSSR count). The first-order valence-electron chi connectivity index (χ1n) is 7.76. The molecule has 0 spiro atoms. The number of esters is 1. The Morgan fingerprint density at radius 1 is 1.00 bits per heavy atom. The molecule has 0 atom stereocenters. The second-order valence-corrected chi connectivity index (χ2v) is 5.41. The summed E-state index contributed by atoms with van der Waals surface area (Å²) in [5.41, 5.74) is -0.816. The fraction of sp³-hybridized carbons (Fsp3) is 0.176. The van der Waals surface area contributed by atoms with Crippen molar-refractivity contribution in [1.82, 2.24) is 0 Å². The molecule has 10 heteroatoms. The van der Waals surface area contributed by atoms with Crippen molar-refractivity contribution < 1.29 is 24.2 Å². The van der Waals surface area contributed by atoms with Crippen LogP contribution in [0.5, 0.6) is 0 Å².